The minimum atomic E-state index is -0.487. The number of hydrogen-bond acceptors (Lipinski definition) is 3. The highest BCUT2D eigenvalue weighted by molar-refractivity contribution is 5.94. The van der Waals surface area contributed by atoms with E-state index in [0.29, 0.717) is 6.54 Å². The molecule has 0 aromatic heterocycles. The van der Waals surface area contributed by atoms with Crippen molar-refractivity contribution in [2.45, 2.75) is 38.3 Å². The third kappa shape index (κ3) is 4.51. The number of aliphatic hydroxyl groups is 1. The van der Waals surface area contributed by atoms with Crippen LogP contribution in [0.5, 0.6) is 0 Å². The summed E-state index contributed by atoms with van der Waals surface area (Å²) in [7, 11) is 0. The quantitative estimate of drug-likeness (QED) is 0.870. The fourth-order valence-electron chi connectivity index (χ4n) is 2.60. The minimum Gasteiger partial charge on any atom is -0.392 e. The molecule has 2 rings (SSSR count). The number of amides is 1. The van der Waals surface area contributed by atoms with E-state index >= 15 is 0 Å². The summed E-state index contributed by atoms with van der Waals surface area (Å²) >= 11 is 0. The van der Waals surface area contributed by atoms with Crippen LogP contribution in [0.1, 0.15) is 36.5 Å². The predicted octanol–water partition coefficient (Wildman–Crippen LogP) is 1.79. The number of nitrogens with zero attached hydrogens (tertiary/aromatic N) is 1. The van der Waals surface area contributed by atoms with E-state index in [4.69, 9.17) is 0 Å². The largest absolute Gasteiger partial charge is 0.392 e. The molecule has 21 heavy (non-hydrogen) atoms. The van der Waals surface area contributed by atoms with Crippen molar-refractivity contribution >= 4 is 5.91 Å². The standard InChI is InChI=1S/C16H23FN2O2/c1-2-13(20)11-19-9-7-12(8-10-19)18-16(21)14-5-3-4-6-15(14)17/h3-6,12-13,20H,2,7-11H2,1H3,(H,18,21)/t13-/m1/s1. The number of piperidine rings is 1. The summed E-state index contributed by atoms with van der Waals surface area (Å²) in [5, 5.41) is 12.5. The first-order chi connectivity index (χ1) is 10.1. The van der Waals surface area contributed by atoms with E-state index in [2.05, 4.69) is 10.2 Å². The Labute approximate surface area is 125 Å². The lowest BCUT2D eigenvalue weighted by atomic mass is 10.0. The lowest BCUT2D eigenvalue weighted by Gasteiger charge is -2.33. The van der Waals surface area contributed by atoms with E-state index in [1.54, 1.807) is 12.1 Å². The van der Waals surface area contributed by atoms with Crippen molar-refractivity contribution in [1.29, 1.82) is 0 Å². The molecule has 0 saturated carbocycles. The number of carbonyl (C=O) groups excluding carboxylic acids is 1. The predicted molar refractivity (Wildman–Crippen MR) is 79.6 cm³/mol. The SMILES string of the molecule is CC[C@@H](O)CN1CCC(NC(=O)c2ccccc2F)CC1. The van der Waals surface area contributed by atoms with Gasteiger partial charge in [0.2, 0.25) is 0 Å². The summed E-state index contributed by atoms with van der Waals surface area (Å²) < 4.78 is 13.5. The van der Waals surface area contributed by atoms with Gasteiger partial charge in [-0.1, -0.05) is 19.1 Å². The number of hydrogen-bond donors (Lipinski definition) is 2. The summed E-state index contributed by atoms with van der Waals surface area (Å²) in [6.45, 7) is 4.34. The molecule has 116 valence electrons. The first-order valence-corrected chi connectivity index (χ1v) is 7.56. The number of nitrogens with one attached hydrogen (secondary N) is 1. The number of likely N-dealkylation sites (tertiary alicyclic amines) is 1. The molecule has 1 aliphatic rings. The Balaban J connectivity index is 1.81. The van der Waals surface area contributed by atoms with Crippen molar-refractivity contribution in [3.05, 3.63) is 35.6 Å². The van der Waals surface area contributed by atoms with Gasteiger partial charge in [0.05, 0.1) is 11.7 Å². The van der Waals surface area contributed by atoms with E-state index in [1.807, 2.05) is 6.92 Å². The zero-order valence-corrected chi connectivity index (χ0v) is 12.4. The van der Waals surface area contributed by atoms with Gasteiger partial charge in [-0.25, -0.2) is 4.39 Å². The fraction of sp³-hybridized carbons (Fsp3) is 0.562. The molecule has 1 atom stereocenters. The topological polar surface area (TPSA) is 52.6 Å². The van der Waals surface area contributed by atoms with Crippen LogP contribution in [0.2, 0.25) is 0 Å². The highest BCUT2D eigenvalue weighted by atomic mass is 19.1. The molecular formula is C16H23FN2O2. The molecule has 0 unspecified atom stereocenters. The Kier molecular flexibility index (Phi) is 5.70. The van der Waals surface area contributed by atoms with Gasteiger partial charge in [-0.2, -0.15) is 0 Å². The van der Waals surface area contributed by atoms with Crippen LogP contribution in [-0.2, 0) is 0 Å². The summed E-state index contributed by atoms with van der Waals surface area (Å²) in [6, 6.07) is 6.10. The van der Waals surface area contributed by atoms with Crippen LogP contribution in [0.4, 0.5) is 4.39 Å². The van der Waals surface area contributed by atoms with Crippen LogP contribution in [0.15, 0.2) is 24.3 Å². The second-order valence-electron chi connectivity index (χ2n) is 5.59. The molecule has 1 saturated heterocycles. The van der Waals surface area contributed by atoms with Gasteiger partial charge < -0.3 is 15.3 Å². The fourth-order valence-corrected chi connectivity index (χ4v) is 2.60. The summed E-state index contributed by atoms with van der Waals surface area (Å²) in [4.78, 5) is 14.2. The van der Waals surface area contributed by atoms with Crippen molar-refractivity contribution in [2.24, 2.45) is 0 Å². The summed E-state index contributed by atoms with van der Waals surface area (Å²) in [5.41, 5.74) is 0.0985. The first kappa shape index (κ1) is 15.9. The van der Waals surface area contributed by atoms with Gasteiger partial charge in [-0.3, -0.25) is 4.79 Å². The van der Waals surface area contributed by atoms with Crippen molar-refractivity contribution in [1.82, 2.24) is 10.2 Å². The molecule has 0 radical (unpaired) electrons. The molecule has 5 heteroatoms. The van der Waals surface area contributed by atoms with Crippen molar-refractivity contribution in [2.75, 3.05) is 19.6 Å². The normalized spacial score (nSPS) is 18.4. The molecule has 1 aromatic carbocycles. The molecule has 0 aliphatic carbocycles. The average molecular weight is 294 g/mol. The van der Waals surface area contributed by atoms with Gasteiger partial charge in [0.15, 0.2) is 0 Å². The Morgan fingerprint density at radius 1 is 1.43 bits per heavy atom. The lowest BCUT2D eigenvalue weighted by molar-refractivity contribution is 0.0815. The van der Waals surface area contributed by atoms with Crippen LogP contribution >= 0.6 is 0 Å². The monoisotopic (exact) mass is 294 g/mol. The summed E-state index contributed by atoms with van der Waals surface area (Å²) in [5.74, 6) is -0.835. The van der Waals surface area contributed by atoms with Gasteiger partial charge in [0.25, 0.3) is 5.91 Å². The number of rotatable bonds is 5. The van der Waals surface area contributed by atoms with Gasteiger partial charge in [-0.05, 0) is 31.4 Å². The number of halogens is 1. The third-order valence-electron chi connectivity index (χ3n) is 3.98. The maximum absolute atomic E-state index is 13.5. The van der Waals surface area contributed by atoms with Crippen molar-refractivity contribution in [3.8, 4) is 0 Å². The van der Waals surface area contributed by atoms with Gasteiger partial charge in [-0.15, -0.1) is 0 Å². The Bertz CT molecular complexity index is 473. The zero-order chi connectivity index (χ0) is 15.2. The third-order valence-corrected chi connectivity index (χ3v) is 3.98. The second-order valence-corrected chi connectivity index (χ2v) is 5.59. The van der Waals surface area contributed by atoms with E-state index in [1.165, 1.54) is 12.1 Å². The van der Waals surface area contributed by atoms with Crippen LogP contribution < -0.4 is 5.32 Å². The molecule has 1 amide bonds. The van der Waals surface area contributed by atoms with Crippen LogP contribution in [0, 0.1) is 5.82 Å². The molecule has 1 fully saturated rings. The van der Waals surface area contributed by atoms with E-state index in [9.17, 15) is 14.3 Å². The zero-order valence-electron chi connectivity index (χ0n) is 12.4. The highest BCUT2D eigenvalue weighted by Gasteiger charge is 2.22. The van der Waals surface area contributed by atoms with Gasteiger partial charge in [0.1, 0.15) is 5.82 Å². The maximum atomic E-state index is 13.5. The molecule has 0 spiro atoms. The van der Waals surface area contributed by atoms with E-state index < -0.39 is 5.82 Å². The Morgan fingerprint density at radius 2 is 2.10 bits per heavy atom. The molecule has 1 heterocycles. The van der Waals surface area contributed by atoms with Gasteiger partial charge >= 0.3 is 0 Å². The van der Waals surface area contributed by atoms with Crippen molar-refractivity contribution < 1.29 is 14.3 Å². The Morgan fingerprint density at radius 3 is 2.71 bits per heavy atom. The first-order valence-electron chi connectivity index (χ1n) is 7.56. The summed E-state index contributed by atoms with van der Waals surface area (Å²) in [6.07, 6.45) is 2.13. The van der Waals surface area contributed by atoms with E-state index in [-0.39, 0.29) is 23.6 Å². The highest BCUT2D eigenvalue weighted by Crippen LogP contribution is 2.13. The molecule has 1 aliphatic heterocycles. The van der Waals surface area contributed by atoms with Crippen LogP contribution in [0.25, 0.3) is 0 Å². The van der Waals surface area contributed by atoms with Crippen LogP contribution in [0.3, 0.4) is 0 Å². The molecule has 2 N–H and O–H groups in total. The minimum absolute atomic E-state index is 0.0760. The smallest absolute Gasteiger partial charge is 0.254 e. The number of aliphatic hydroxyl groups excluding tert-OH is 1. The lowest BCUT2D eigenvalue weighted by Crippen LogP contribution is -2.46. The van der Waals surface area contributed by atoms with Crippen molar-refractivity contribution in [3.63, 3.8) is 0 Å². The van der Waals surface area contributed by atoms with Gasteiger partial charge in [0, 0.05) is 25.7 Å². The number of β-amino-alcohol motifs (C(OH)–C–C–N with tert-alkyl or cyclic N) is 1. The maximum Gasteiger partial charge on any atom is 0.254 e. The second kappa shape index (κ2) is 7.52. The molecular weight excluding hydrogens is 271 g/mol. The van der Waals surface area contributed by atoms with Crippen LogP contribution in [-0.4, -0.2) is 47.7 Å². The Hall–Kier alpha value is -1.46. The number of benzene rings is 1. The van der Waals surface area contributed by atoms with E-state index in [0.717, 1.165) is 32.4 Å². The molecule has 0 bridgehead atoms. The average Bonchev–Trinajstić information content (AvgIpc) is 2.49. The molecule has 4 nitrogen and oxygen atoms in total. The number of carbonyl (C=O) groups is 1. The molecule has 1 aromatic rings.